The Hall–Kier alpha value is -1.13. The van der Waals surface area contributed by atoms with Gasteiger partial charge in [0.25, 0.3) is 6.73 Å². The van der Waals surface area contributed by atoms with Crippen molar-refractivity contribution in [3.8, 4) is 0 Å². The number of aromatic nitrogens is 1. The summed E-state index contributed by atoms with van der Waals surface area (Å²) in [7, 11) is 0. The Balaban J connectivity index is 0.00000361. The van der Waals surface area contributed by atoms with Crippen molar-refractivity contribution in [3.05, 3.63) is 30.6 Å². The zero-order valence-electron chi connectivity index (χ0n) is 12.1. The highest BCUT2D eigenvalue weighted by molar-refractivity contribution is 5.76. The lowest BCUT2D eigenvalue weighted by Gasteiger charge is -2.12. The van der Waals surface area contributed by atoms with E-state index < -0.39 is 0 Å². The lowest BCUT2D eigenvalue weighted by atomic mass is 9.98. The number of pyridine rings is 1. The molecule has 1 amide bonds. The SMILES string of the molecule is CCCCCC(CCOC[n+]1ccccc1)C(N)=O.[Cl-]. The summed E-state index contributed by atoms with van der Waals surface area (Å²) in [5.74, 6) is -0.251. The Morgan fingerprint density at radius 1 is 1.20 bits per heavy atom. The second-order valence-corrected chi connectivity index (χ2v) is 4.81. The van der Waals surface area contributed by atoms with Gasteiger partial charge in [-0.15, -0.1) is 0 Å². The first-order chi connectivity index (χ1) is 9.24. The average molecular weight is 301 g/mol. The summed E-state index contributed by atoms with van der Waals surface area (Å²) in [6.07, 6.45) is 8.88. The van der Waals surface area contributed by atoms with Gasteiger partial charge in [0, 0.05) is 18.1 Å². The van der Waals surface area contributed by atoms with E-state index in [1.807, 2.05) is 35.2 Å². The minimum Gasteiger partial charge on any atom is -1.00 e. The molecule has 0 aliphatic rings. The molecule has 20 heavy (non-hydrogen) atoms. The van der Waals surface area contributed by atoms with Gasteiger partial charge in [-0.25, -0.2) is 0 Å². The summed E-state index contributed by atoms with van der Waals surface area (Å²) in [6.45, 7) is 3.24. The van der Waals surface area contributed by atoms with Crippen LogP contribution in [0.3, 0.4) is 0 Å². The molecule has 5 heteroatoms. The van der Waals surface area contributed by atoms with Crippen LogP contribution in [0.25, 0.3) is 0 Å². The Kier molecular flexibility index (Phi) is 11.0. The second-order valence-electron chi connectivity index (χ2n) is 4.81. The van der Waals surface area contributed by atoms with Crippen LogP contribution in [0.2, 0.25) is 0 Å². The lowest BCUT2D eigenvalue weighted by Crippen LogP contribution is -3.00. The van der Waals surface area contributed by atoms with Crippen molar-refractivity contribution in [1.29, 1.82) is 0 Å². The van der Waals surface area contributed by atoms with Gasteiger partial charge in [0.2, 0.25) is 5.91 Å². The standard InChI is InChI=1S/C15H24N2O2.ClH/c1-2-3-5-8-14(15(16)18)9-12-19-13-17-10-6-4-7-11-17;/h4,6-7,10-11,14H,2-3,5,8-9,12-13H2,1H3,(H-,16,18);1H. The molecule has 0 aliphatic carbocycles. The number of primary amides is 1. The Morgan fingerprint density at radius 3 is 2.50 bits per heavy atom. The highest BCUT2D eigenvalue weighted by Crippen LogP contribution is 2.13. The number of halogens is 1. The number of hydrogen-bond acceptors (Lipinski definition) is 2. The molecule has 1 aromatic rings. The molecule has 1 atom stereocenters. The first-order valence-electron chi connectivity index (χ1n) is 7.05. The van der Waals surface area contributed by atoms with Gasteiger partial charge >= 0.3 is 0 Å². The Morgan fingerprint density at radius 2 is 1.90 bits per heavy atom. The van der Waals surface area contributed by atoms with E-state index in [-0.39, 0.29) is 24.2 Å². The fraction of sp³-hybridized carbons (Fsp3) is 0.600. The minimum absolute atomic E-state index is 0. The smallest absolute Gasteiger partial charge is 0.252 e. The number of carbonyl (C=O) groups is 1. The molecule has 0 spiro atoms. The van der Waals surface area contributed by atoms with E-state index in [0.29, 0.717) is 19.8 Å². The summed E-state index contributed by atoms with van der Waals surface area (Å²) in [4.78, 5) is 11.3. The molecule has 0 saturated heterocycles. The van der Waals surface area contributed by atoms with Gasteiger partial charge < -0.3 is 22.9 Å². The molecule has 1 unspecified atom stereocenters. The molecule has 1 heterocycles. The number of nitrogens with zero attached hydrogens (tertiary/aromatic N) is 1. The maximum atomic E-state index is 11.3. The molecule has 2 N–H and O–H groups in total. The van der Waals surface area contributed by atoms with Crippen LogP contribution in [0.15, 0.2) is 30.6 Å². The van der Waals surface area contributed by atoms with Crippen molar-refractivity contribution in [1.82, 2.24) is 0 Å². The molecule has 1 rings (SSSR count). The molecule has 0 aliphatic heterocycles. The van der Waals surface area contributed by atoms with E-state index in [9.17, 15) is 4.79 Å². The van der Waals surface area contributed by atoms with Crippen LogP contribution in [0, 0.1) is 5.92 Å². The third-order valence-corrected chi connectivity index (χ3v) is 3.19. The summed E-state index contributed by atoms with van der Waals surface area (Å²) in [5, 5.41) is 0. The van der Waals surface area contributed by atoms with Crippen LogP contribution in [0.5, 0.6) is 0 Å². The molecule has 4 nitrogen and oxygen atoms in total. The lowest BCUT2D eigenvalue weighted by molar-refractivity contribution is -0.732. The fourth-order valence-corrected chi connectivity index (χ4v) is 1.99. The number of amides is 1. The molecule has 0 aromatic carbocycles. The molecular formula is C15H25ClN2O2. The van der Waals surface area contributed by atoms with Crippen LogP contribution in [-0.4, -0.2) is 12.5 Å². The van der Waals surface area contributed by atoms with E-state index in [4.69, 9.17) is 10.5 Å². The van der Waals surface area contributed by atoms with E-state index in [2.05, 4.69) is 6.92 Å². The number of unbranched alkanes of at least 4 members (excludes halogenated alkanes) is 2. The highest BCUT2D eigenvalue weighted by atomic mass is 35.5. The van der Waals surface area contributed by atoms with E-state index >= 15 is 0 Å². The number of hydrogen-bond donors (Lipinski definition) is 1. The molecule has 0 radical (unpaired) electrons. The second kappa shape index (κ2) is 11.7. The van der Waals surface area contributed by atoms with Crippen molar-refractivity contribution < 1.29 is 26.5 Å². The molecule has 0 fully saturated rings. The number of carbonyl (C=O) groups excluding carboxylic acids is 1. The minimum atomic E-state index is -0.202. The summed E-state index contributed by atoms with van der Waals surface area (Å²) in [6, 6.07) is 5.88. The zero-order valence-corrected chi connectivity index (χ0v) is 12.9. The van der Waals surface area contributed by atoms with Gasteiger partial charge in [0.05, 0.1) is 6.61 Å². The number of ether oxygens (including phenoxy) is 1. The first-order valence-corrected chi connectivity index (χ1v) is 7.05. The molecule has 1 aromatic heterocycles. The molecule has 0 saturated carbocycles. The van der Waals surface area contributed by atoms with Crippen molar-refractivity contribution in [2.24, 2.45) is 11.7 Å². The average Bonchev–Trinajstić information content (AvgIpc) is 2.42. The predicted octanol–water partition coefficient (Wildman–Crippen LogP) is -0.976. The van der Waals surface area contributed by atoms with Gasteiger partial charge in [0.15, 0.2) is 12.4 Å². The maximum Gasteiger partial charge on any atom is 0.252 e. The zero-order chi connectivity index (χ0) is 13.9. The van der Waals surface area contributed by atoms with Gasteiger partial charge in [-0.05, 0) is 12.8 Å². The van der Waals surface area contributed by atoms with Crippen molar-refractivity contribution in [2.45, 2.75) is 45.8 Å². The molecule has 0 bridgehead atoms. The van der Waals surface area contributed by atoms with Gasteiger partial charge in [0.1, 0.15) is 0 Å². The van der Waals surface area contributed by atoms with Crippen LogP contribution in [-0.2, 0) is 16.3 Å². The van der Waals surface area contributed by atoms with Gasteiger partial charge in [-0.2, -0.15) is 4.57 Å². The van der Waals surface area contributed by atoms with Crippen LogP contribution >= 0.6 is 0 Å². The van der Waals surface area contributed by atoms with Crippen molar-refractivity contribution in [2.75, 3.05) is 6.61 Å². The highest BCUT2D eigenvalue weighted by Gasteiger charge is 2.14. The van der Waals surface area contributed by atoms with Crippen LogP contribution in [0.4, 0.5) is 0 Å². The van der Waals surface area contributed by atoms with Crippen LogP contribution < -0.4 is 22.7 Å². The van der Waals surface area contributed by atoms with Gasteiger partial charge in [-0.3, -0.25) is 4.79 Å². The summed E-state index contributed by atoms with van der Waals surface area (Å²) in [5.41, 5.74) is 5.41. The maximum absolute atomic E-state index is 11.3. The largest absolute Gasteiger partial charge is 1.00 e. The Labute approximate surface area is 127 Å². The van der Waals surface area contributed by atoms with Crippen molar-refractivity contribution >= 4 is 5.91 Å². The predicted molar refractivity (Wildman–Crippen MR) is 74.0 cm³/mol. The fourth-order valence-electron chi connectivity index (χ4n) is 1.99. The first kappa shape index (κ1) is 18.9. The van der Waals surface area contributed by atoms with Crippen LogP contribution in [0.1, 0.15) is 39.0 Å². The van der Waals surface area contributed by atoms with E-state index in [0.717, 1.165) is 25.7 Å². The summed E-state index contributed by atoms with van der Waals surface area (Å²) < 4.78 is 7.52. The normalized spacial score (nSPS) is 11.7. The third-order valence-electron chi connectivity index (χ3n) is 3.19. The monoisotopic (exact) mass is 300 g/mol. The summed E-state index contributed by atoms with van der Waals surface area (Å²) >= 11 is 0. The molecular weight excluding hydrogens is 276 g/mol. The van der Waals surface area contributed by atoms with E-state index in [1.54, 1.807) is 0 Å². The van der Waals surface area contributed by atoms with Gasteiger partial charge in [-0.1, -0.05) is 32.3 Å². The van der Waals surface area contributed by atoms with Crippen molar-refractivity contribution in [3.63, 3.8) is 0 Å². The van der Waals surface area contributed by atoms with E-state index in [1.165, 1.54) is 0 Å². The Bertz CT molecular complexity index is 360. The number of nitrogens with two attached hydrogens (primary N) is 1. The third kappa shape index (κ3) is 8.12. The topological polar surface area (TPSA) is 56.2 Å². The quantitative estimate of drug-likeness (QED) is 0.446. The molecule has 114 valence electrons. The number of rotatable bonds is 10.